The van der Waals surface area contributed by atoms with Crippen LogP contribution in [0.1, 0.15) is 22.9 Å². The summed E-state index contributed by atoms with van der Waals surface area (Å²) in [5.41, 5.74) is 4.66. The predicted molar refractivity (Wildman–Crippen MR) is 63.5 cm³/mol. The highest BCUT2D eigenvalue weighted by Gasteiger charge is 2.18. The van der Waals surface area contributed by atoms with Crippen LogP contribution in [-0.4, -0.2) is 9.78 Å². The number of rotatable bonds is 3. The molecule has 0 fully saturated rings. The maximum Gasteiger partial charge on any atom is 0.128 e. The molecule has 0 saturated heterocycles. The van der Waals surface area contributed by atoms with E-state index in [4.69, 9.17) is 5.84 Å². The molecule has 0 aliphatic heterocycles. The molecule has 0 radical (unpaired) electrons. The molecule has 90 valence electrons. The van der Waals surface area contributed by atoms with Gasteiger partial charge in [0, 0.05) is 18.8 Å². The average Bonchev–Trinajstić information content (AvgIpc) is 2.69. The fraction of sp³-hybridized carbons (Fsp3) is 0.250. The highest BCUT2D eigenvalue weighted by Crippen LogP contribution is 2.23. The molecule has 0 aliphatic carbocycles. The Balaban J connectivity index is 2.42. The van der Waals surface area contributed by atoms with Gasteiger partial charge in [-0.05, 0) is 24.6 Å². The van der Waals surface area contributed by atoms with Gasteiger partial charge in [0.1, 0.15) is 5.82 Å². The van der Waals surface area contributed by atoms with Crippen LogP contribution in [0.2, 0.25) is 0 Å². The van der Waals surface area contributed by atoms with Crippen molar-refractivity contribution in [3.05, 3.63) is 53.1 Å². The van der Waals surface area contributed by atoms with E-state index in [1.54, 1.807) is 16.9 Å². The number of aromatic nitrogens is 2. The molecule has 2 rings (SSSR count). The van der Waals surface area contributed by atoms with Crippen molar-refractivity contribution in [2.75, 3.05) is 0 Å². The molecule has 5 heteroatoms. The van der Waals surface area contributed by atoms with Gasteiger partial charge in [0.15, 0.2) is 0 Å². The first kappa shape index (κ1) is 11.8. The Morgan fingerprint density at radius 3 is 2.71 bits per heavy atom. The predicted octanol–water partition coefficient (Wildman–Crippen LogP) is 1.42. The number of nitrogens with two attached hydrogens (primary N) is 1. The van der Waals surface area contributed by atoms with Crippen LogP contribution in [0.4, 0.5) is 4.39 Å². The minimum atomic E-state index is -0.434. The molecule has 1 atom stereocenters. The maximum atomic E-state index is 13.8. The molecular weight excluding hydrogens is 219 g/mol. The van der Waals surface area contributed by atoms with E-state index in [1.807, 2.05) is 26.1 Å². The fourth-order valence-corrected chi connectivity index (χ4v) is 1.79. The molecule has 0 spiro atoms. The van der Waals surface area contributed by atoms with Crippen molar-refractivity contribution in [1.29, 1.82) is 0 Å². The van der Waals surface area contributed by atoms with E-state index in [2.05, 4.69) is 10.5 Å². The van der Waals surface area contributed by atoms with Crippen molar-refractivity contribution < 1.29 is 4.39 Å². The standard InChI is InChI=1S/C12H15FN4/c1-8-3-4-9(10(13)7-8)12(15-14)11-5-6-17(2)16-11/h3-7,12,15H,14H2,1-2H3. The first-order chi connectivity index (χ1) is 8.11. The molecule has 0 saturated carbocycles. The summed E-state index contributed by atoms with van der Waals surface area (Å²) in [5.74, 6) is 5.21. The number of hydrazine groups is 1. The van der Waals surface area contributed by atoms with Gasteiger partial charge in [-0.15, -0.1) is 0 Å². The van der Waals surface area contributed by atoms with Crippen molar-refractivity contribution >= 4 is 0 Å². The Morgan fingerprint density at radius 1 is 1.41 bits per heavy atom. The summed E-state index contributed by atoms with van der Waals surface area (Å²) >= 11 is 0. The van der Waals surface area contributed by atoms with Gasteiger partial charge in [-0.2, -0.15) is 5.10 Å². The summed E-state index contributed by atoms with van der Waals surface area (Å²) in [6, 6.07) is 6.44. The second-order valence-electron chi connectivity index (χ2n) is 4.04. The Labute approximate surface area is 99.2 Å². The molecule has 1 unspecified atom stereocenters. The van der Waals surface area contributed by atoms with E-state index >= 15 is 0 Å². The van der Waals surface area contributed by atoms with E-state index in [9.17, 15) is 4.39 Å². The number of nitrogens with zero attached hydrogens (tertiary/aromatic N) is 2. The molecule has 0 bridgehead atoms. The van der Waals surface area contributed by atoms with Gasteiger partial charge in [0.25, 0.3) is 0 Å². The smallest absolute Gasteiger partial charge is 0.128 e. The van der Waals surface area contributed by atoms with Crippen LogP contribution < -0.4 is 11.3 Å². The van der Waals surface area contributed by atoms with Crippen LogP contribution in [0.3, 0.4) is 0 Å². The van der Waals surface area contributed by atoms with Crippen LogP contribution in [0.25, 0.3) is 0 Å². The largest absolute Gasteiger partial charge is 0.275 e. The summed E-state index contributed by atoms with van der Waals surface area (Å²) in [5, 5.41) is 4.23. The van der Waals surface area contributed by atoms with Gasteiger partial charge in [0.2, 0.25) is 0 Å². The Morgan fingerprint density at radius 2 is 2.18 bits per heavy atom. The van der Waals surface area contributed by atoms with E-state index < -0.39 is 6.04 Å². The zero-order valence-corrected chi connectivity index (χ0v) is 9.81. The number of aryl methyl sites for hydroxylation is 2. The Hall–Kier alpha value is -1.72. The van der Waals surface area contributed by atoms with Crippen LogP contribution in [0, 0.1) is 12.7 Å². The van der Waals surface area contributed by atoms with Crippen LogP contribution in [0.15, 0.2) is 30.5 Å². The maximum absolute atomic E-state index is 13.8. The van der Waals surface area contributed by atoms with Crippen molar-refractivity contribution in [3.8, 4) is 0 Å². The molecule has 2 aromatic rings. The molecule has 0 amide bonds. The van der Waals surface area contributed by atoms with Crippen molar-refractivity contribution in [2.24, 2.45) is 12.9 Å². The zero-order chi connectivity index (χ0) is 12.4. The quantitative estimate of drug-likeness (QED) is 0.624. The van der Waals surface area contributed by atoms with Crippen molar-refractivity contribution in [1.82, 2.24) is 15.2 Å². The highest BCUT2D eigenvalue weighted by molar-refractivity contribution is 5.31. The number of nitrogens with one attached hydrogen (secondary N) is 1. The molecule has 3 N–H and O–H groups in total. The molecule has 1 aromatic carbocycles. The second-order valence-corrected chi connectivity index (χ2v) is 4.04. The molecule has 1 aromatic heterocycles. The lowest BCUT2D eigenvalue weighted by molar-refractivity contribution is 0.546. The lowest BCUT2D eigenvalue weighted by atomic mass is 10.0. The summed E-state index contributed by atoms with van der Waals surface area (Å²) in [7, 11) is 1.81. The molecular formula is C12H15FN4. The SMILES string of the molecule is Cc1ccc(C(NN)c2ccn(C)n2)c(F)c1. The van der Waals surface area contributed by atoms with Gasteiger partial charge in [-0.3, -0.25) is 10.5 Å². The van der Waals surface area contributed by atoms with E-state index in [1.165, 1.54) is 6.07 Å². The minimum absolute atomic E-state index is 0.279. The number of hydrogen-bond acceptors (Lipinski definition) is 3. The lowest BCUT2D eigenvalue weighted by Gasteiger charge is -2.15. The number of halogens is 1. The van der Waals surface area contributed by atoms with E-state index in [0.29, 0.717) is 11.3 Å². The van der Waals surface area contributed by atoms with Gasteiger partial charge in [-0.25, -0.2) is 9.82 Å². The van der Waals surface area contributed by atoms with Gasteiger partial charge in [0.05, 0.1) is 11.7 Å². The van der Waals surface area contributed by atoms with Crippen LogP contribution >= 0.6 is 0 Å². The number of benzene rings is 1. The van der Waals surface area contributed by atoms with Crippen LogP contribution in [-0.2, 0) is 7.05 Å². The molecule has 1 heterocycles. The zero-order valence-electron chi connectivity index (χ0n) is 9.81. The van der Waals surface area contributed by atoms with Crippen LogP contribution in [0.5, 0.6) is 0 Å². The summed E-state index contributed by atoms with van der Waals surface area (Å²) < 4.78 is 15.5. The number of hydrogen-bond donors (Lipinski definition) is 2. The van der Waals surface area contributed by atoms with E-state index in [-0.39, 0.29) is 5.82 Å². The first-order valence-electron chi connectivity index (χ1n) is 5.33. The Bertz CT molecular complexity index is 521. The Kier molecular flexibility index (Phi) is 3.21. The van der Waals surface area contributed by atoms with Gasteiger partial charge >= 0.3 is 0 Å². The van der Waals surface area contributed by atoms with Gasteiger partial charge < -0.3 is 0 Å². The third-order valence-electron chi connectivity index (χ3n) is 2.66. The first-order valence-corrected chi connectivity index (χ1v) is 5.33. The normalized spacial score (nSPS) is 12.7. The van der Waals surface area contributed by atoms with E-state index in [0.717, 1.165) is 5.56 Å². The van der Waals surface area contributed by atoms with Gasteiger partial charge in [-0.1, -0.05) is 12.1 Å². The summed E-state index contributed by atoms with van der Waals surface area (Å²) in [6.07, 6.45) is 1.80. The van der Waals surface area contributed by atoms with Crippen molar-refractivity contribution in [3.63, 3.8) is 0 Å². The third-order valence-corrected chi connectivity index (χ3v) is 2.66. The topological polar surface area (TPSA) is 55.9 Å². The average molecular weight is 234 g/mol. The molecule has 4 nitrogen and oxygen atoms in total. The molecule has 17 heavy (non-hydrogen) atoms. The highest BCUT2D eigenvalue weighted by atomic mass is 19.1. The second kappa shape index (κ2) is 4.65. The summed E-state index contributed by atoms with van der Waals surface area (Å²) in [6.45, 7) is 1.85. The monoisotopic (exact) mass is 234 g/mol. The molecule has 0 aliphatic rings. The van der Waals surface area contributed by atoms with Crippen molar-refractivity contribution in [2.45, 2.75) is 13.0 Å². The third kappa shape index (κ3) is 2.35. The summed E-state index contributed by atoms with van der Waals surface area (Å²) in [4.78, 5) is 0. The lowest BCUT2D eigenvalue weighted by Crippen LogP contribution is -2.30. The minimum Gasteiger partial charge on any atom is -0.275 e. The fourth-order valence-electron chi connectivity index (χ4n) is 1.79.